The second-order valence-electron chi connectivity index (χ2n) is 7.20. The van der Waals surface area contributed by atoms with Crippen LogP contribution in [0.25, 0.3) is 16.9 Å². The molecule has 29 heavy (non-hydrogen) atoms. The molecular weight excluding hydrogens is 380 g/mol. The molecule has 1 fully saturated rings. The van der Waals surface area contributed by atoms with Gasteiger partial charge in [-0.25, -0.2) is 4.98 Å². The van der Waals surface area contributed by atoms with Crippen molar-refractivity contribution < 1.29 is 4.79 Å². The van der Waals surface area contributed by atoms with Crippen LogP contribution in [0.5, 0.6) is 0 Å². The van der Waals surface area contributed by atoms with Crippen LogP contribution in [0.2, 0.25) is 0 Å². The summed E-state index contributed by atoms with van der Waals surface area (Å²) in [5, 5.41) is 13.2. The van der Waals surface area contributed by atoms with Gasteiger partial charge in [-0.3, -0.25) is 9.36 Å². The first-order chi connectivity index (χ1) is 14.2. The largest absolute Gasteiger partial charge is 0.337 e. The standard InChI is InChI=1S/C23H22N4OS/c24-17-23(13-7-8-14-23)26-21(28)16-29-22-25-15-20(18-9-3-1-4-10-18)27(22)19-11-5-2-6-12-19/h1-6,9-12,15H,7-8,13-14,16H2,(H,26,28). The SMILES string of the molecule is N#CC1(NC(=O)CSc2ncc(-c3ccccc3)n2-c2ccccc2)CCCC1. The fourth-order valence-electron chi connectivity index (χ4n) is 3.75. The molecule has 1 amide bonds. The van der Waals surface area contributed by atoms with Crippen molar-refractivity contribution >= 4 is 17.7 Å². The van der Waals surface area contributed by atoms with E-state index in [4.69, 9.17) is 0 Å². The average molecular weight is 403 g/mol. The Labute approximate surface area is 174 Å². The summed E-state index contributed by atoms with van der Waals surface area (Å²) in [7, 11) is 0. The van der Waals surface area contributed by atoms with Gasteiger partial charge in [-0.2, -0.15) is 5.26 Å². The van der Waals surface area contributed by atoms with Crippen LogP contribution in [0.3, 0.4) is 0 Å². The van der Waals surface area contributed by atoms with Crippen LogP contribution in [0.1, 0.15) is 25.7 Å². The molecule has 1 aliphatic carbocycles. The van der Waals surface area contributed by atoms with Gasteiger partial charge in [0.1, 0.15) is 5.54 Å². The lowest BCUT2D eigenvalue weighted by molar-refractivity contribution is -0.119. The van der Waals surface area contributed by atoms with E-state index in [0.717, 1.165) is 47.8 Å². The summed E-state index contributed by atoms with van der Waals surface area (Å²) in [5.41, 5.74) is 2.34. The molecule has 0 saturated heterocycles. The minimum absolute atomic E-state index is 0.123. The van der Waals surface area contributed by atoms with Crippen molar-refractivity contribution in [3.8, 4) is 23.0 Å². The smallest absolute Gasteiger partial charge is 0.231 e. The fourth-order valence-corrected chi connectivity index (χ4v) is 4.54. The Bertz CT molecular complexity index is 1020. The number of rotatable bonds is 6. The fraction of sp³-hybridized carbons (Fsp3) is 0.261. The minimum atomic E-state index is -0.693. The molecule has 0 radical (unpaired) electrons. The monoisotopic (exact) mass is 402 g/mol. The second-order valence-corrected chi connectivity index (χ2v) is 8.14. The Hall–Kier alpha value is -3.04. The highest BCUT2D eigenvalue weighted by molar-refractivity contribution is 7.99. The molecule has 1 heterocycles. The number of para-hydroxylation sites is 1. The van der Waals surface area contributed by atoms with E-state index in [-0.39, 0.29) is 11.7 Å². The zero-order valence-corrected chi connectivity index (χ0v) is 16.9. The van der Waals surface area contributed by atoms with Crippen LogP contribution >= 0.6 is 11.8 Å². The molecule has 1 aliphatic rings. The predicted octanol–water partition coefficient (Wildman–Crippen LogP) is 4.58. The number of aromatic nitrogens is 2. The molecule has 4 rings (SSSR count). The van der Waals surface area contributed by atoms with Crippen molar-refractivity contribution in [2.75, 3.05) is 5.75 Å². The Morgan fingerprint density at radius 3 is 2.41 bits per heavy atom. The van der Waals surface area contributed by atoms with Gasteiger partial charge in [0.2, 0.25) is 5.91 Å². The molecule has 1 saturated carbocycles. The van der Waals surface area contributed by atoms with Crippen LogP contribution in [0.15, 0.2) is 72.0 Å². The third-order valence-electron chi connectivity index (χ3n) is 5.20. The second kappa shape index (κ2) is 8.54. The number of carbonyl (C=O) groups excluding carboxylic acids is 1. The summed E-state index contributed by atoms with van der Waals surface area (Å²) in [4.78, 5) is 17.1. The lowest BCUT2D eigenvalue weighted by atomic mass is 10.0. The molecule has 6 heteroatoms. The third-order valence-corrected chi connectivity index (χ3v) is 6.15. The van der Waals surface area contributed by atoms with E-state index in [9.17, 15) is 10.1 Å². The van der Waals surface area contributed by atoms with Gasteiger partial charge in [0.05, 0.1) is 23.7 Å². The summed E-state index contributed by atoms with van der Waals surface area (Å²) >= 11 is 1.39. The van der Waals surface area contributed by atoms with E-state index >= 15 is 0 Å². The molecule has 0 unspecified atom stereocenters. The first kappa shape index (κ1) is 19.3. The Morgan fingerprint density at radius 2 is 1.76 bits per heavy atom. The zero-order chi connectivity index (χ0) is 20.1. The summed E-state index contributed by atoms with van der Waals surface area (Å²) in [6.07, 6.45) is 5.28. The van der Waals surface area contributed by atoms with Gasteiger partial charge < -0.3 is 5.32 Å². The molecule has 0 spiro atoms. The zero-order valence-electron chi connectivity index (χ0n) is 16.0. The Balaban J connectivity index is 1.57. The summed E-state index contributed by atoms with van der Waals surface area (Å²) < 4.78 is 2.07. The van der Waals surface area contributed by atoms with Crippen LogP contribution < -0.4 is 5.32 Å². The topological polar surface area (TPSA) is 70.7 Å². The van der Waals surface area contributed by atoms with Crippen molar-refractivity contribution in [2.45, 2.75) is 36.4 Å². The number of thioether (sulfide) groups is 1. The number of amides is 1. The van der Waals surface area contributed by atoms with E-state index in [2.05, 4.69) is 20.9 Å². The summed E-state index contributed by atoms with van der Waals surface area (Å²) in [6.45, 7) is 0. The molecule has 3 aromatic rings. The number of benzene rings is 2. The molecule has 0 bridgehead atoms. The van der Waals surface area contributed by atoms with Gasteiger partial charge in [0.25, 0.3) is 0 Å². The highest BCUT2D eigenvalue weighted by Crippen LogP contribution is 2.31. The lowest BCUT2D eigenvalue weighted by Gasteiger charge is -2.21. The Kier molecular flexibility index (Phi) is 5.68. The maximum absolute atomic E-state index is 12.5. The lowest BCUT2D eigenvalue weighted by Crippen LogP contribution is -2.45. The van der Waals surface area contributed by atoms with Crippen molar-refractivity contribution in [1.29, 1.82) is 5.26 Å². The minimum Gasteiger partial charge on any atom is -0.337 e. The summed E-state index contributed by atoms with van der Waals surface area (Å²) in [6, 6.07) is 22.4. The van der Waals surface area contributed by atoms with Gasteiger partial charge in [0.15, 0.2) is 5.16 Å². The normalized spacial score (nSPS) is 15.0. The van der Waals surface area contributed by atoms with Gasteiger partial charge in [0, 0.05) is 11.3 Å². The first-order valence-electron chi connectivity index (χ1n) is 9.74. The average Bonchev–Trinajstić information content (AvgIpc) is 3.41. The van der Waals surface area contributed by atoms with E-state index in [1.54, 1.807) is 0 Å². The molecule has 0 aliphatic heterocycles. The van der Waals surface area contributed by atoms with E-state index in [1.165, 1.54) is 11.8 Å². The first-order valence-corrected chi connectivity index (χ1v) is 10.7. The molecule has 1 aromatic heterocycles. The third kappa shape index (κ3) is 4.20. The van der Waals surface area contributed by atoms with Gasteiger partial charge >= 0.3 is 0 Å². The molecule has 0 atom stereocenters. The number of carbonyl (C=O) groups is 1. The molecule has 1 N–H and O–H groups in total. The van der Waals surface area contributed by atoms with Gasteiger partial charge in [-0.05, 0) is 37.8 Å². The van der Waals surface area contributed by atoms with Crippen LogP contribution in [-0.2, 0) is 4.79 Å². The van der Waals surface area contributed by atoms with Crippen molar-refractivity contribution in [3.05, 3.63) is 66.9 Å². The van der Waals surface area contributed by atoms with Crippen molar-refractivity contribution in [2.24, 2.45) is 0 Å². The molecule has 146 valence electrons. The maximum Gasteiger partial charge on any atom is 0.231 e. The van der Waals surface area contributed by atoms with E-state index in [0.29, 0.717) is 0 Å². The molecule has 5 nitrogen and oxygen atoms in total. The Morgan fingerprint density at radius 1 is 1.10 bits per heavy atom. The number of hydrogen-bond acceptors (Lipinski definition) is 4. The maximum atomic E-state index is 12.5. The van der Waals surface area contributed by atoms with Crippen LogP contribution in [-0.4, -0.2) is 26.8 Å². The van der Waals surface area contributed by atoms with Crippen LogP contribution in [0, 0.1) is 11.3 Å². The number of nitrogens with zero attached hydrogens (tertiary/aromatic N) is 3. The van der Waals surface area contributed by atoms with Crippen molar-refractivity contribution in [3.63, 3.8) is 0 Å². The van der Waals surface area contributed by atoms with Crippen molar-refractivity contribution in [1.82, 2.24) is 14.9 Å². The molecular formula is C23H22N4OS. The van der Waals surface area contributed by atoms with Crippen LogP contribution in [0.4, 0.5) is 0 Å². The van der Waals surface area contributed by atoms with Gasteiger partial charge in [-0.15, -0.1) is 0 Å². The quantitative estimate of drug-likeness (QED) is 0.613. The van der Waals surface area contributed by atoms with E-state index < -0.39 is 5.54 Å². The number of nitrogens with one attached hydrogen (secondary N) is 1. The van der Waals surface area contributed by atoms with Gasteiger partial charge in [-0.1, -0.05) is 60.3 Å². The number of nitriles is 1. The number of imidazole rings is 1. The predicted molar refractivity (Wildman–Crippen MR) is 115 cm³/mol. The number of hydrogen-bond donors (Lipinski definition) is 1. The molecule has 2 aromatic carbocycles. The highest BCUT2D eigenvalue weighted by atomic mass is 32.2. The highest BCUT2D eigenvalue weighted by Gasteiger charge is 2.35. The summed E-state index contributed by atoms with van der Waals surface area (Å²) in [5.74, 6) is 0.101. The van der Waals surface area contributed by atoms with E-state index in [1.807, 2.05) is 66.9 Å².